The zero-order chi connectivity index (χ0) is 10.7. The summed E-state index contributed by atoms with van der Waals surface area (Å²) >= 11 is 0. The standard InChI is InChI=1S/C9H10O5/c10-5-2-1-3-6(11)9(5)7(12)4-8(13)14/h1-3,7,10-12H,4H2,(H,13,14)/p-1. The second-order valence-corrected chi connectivity index (χ2v) is 2.80. The Bertz CT molecular complexity index is 327. The van der Waals surface area contributed by atoms with E-state index in [0.717, 1.165) is 0 Å². The van der Waals surface area contributed by atoms with Crippen LogP contribution < -0.4 is 5.11 Å². The molecule has 1 aromatic carbocycles. The lowest BCUT2D eigenvalue weighted by Gasteiger charge is -2.14. The van der Waals surface area contributed by atoms with E-state index < -0.39 is 18.5 Å². The van der Waals surface area contributed by atoms with E-state index in [1.165, 1.54) is 18.2 Å². The first-order valence-corrected chi connectivity index (χ1v) is 3.91. The molecule has 1 atom stereocenters. The molecule has 76 valence electrons. The highest BCUT2D eigenvalue weighted by Gasteiger charge is 2.16. The minimum Gasteiger partial charge on any atom is -0.550 e. The summed E-state index contributed by atoms with van der Waals surface area (Å²) in [5, 5.41) is 38.0. The number of hydrogen-bond acceptors (Lipinski definition) is 5. The number of benzene rings is 1. The monoisotopic (exact) mass is 197 g/mol. The Morgan fingerprint density at radius 2 is 1.86 bits per heavy atom. The number of carboxylic acid groups (broad SMARTS) is 1. The van der Waals surface area contributed by atoms with E-state index in [4.69, 9.17) is 0 Å². The maximum atomic E-state index is 10.2. The van der Waals surface area contributed by atoms with Crippen LogP contribution in [0.1, 0.15) is 18.1 Å². The molecule has 0 spiro atoms. The summed E-state index contributed by atoms with van der Waals surface area (Å²) in [6, 6.07) is 3.86. The quantitative estimate of drug-likeness (QED) is 0.593. The molecule has 0 fully saturated rings. The Balaban J connectivity index is 2.99. The lowest BCUT2D eigenvalue weighted by molar-refractivity contribution is -0.307. The first-order chi connectivity index (χ1) is 6.52. The molecular weight excluding hydrogens is 188 g/mol. The molecule has 0 aliphatic rings. The summed E-state index contributed by atoms with van der Waals surface area (Å²) in [4.78, 5) is 10.2. The number of carbonyl (C=O) groups excluding carboxylic acids is 1. The van der Waals surface area contributed by atoms with Gasteiger partial charge in [-0.15, -0.1) is 0 Å². The van der Waals surface area contributed by atoms with Crippen molar-refractivity contribution < 1.29 is 25.2 Å². The van der Waals surface area contributed by atoms with Gasteiger partial charge in [-0.1, -0.05) is 6.07 Å². The Morgan fingerprint density at radius 3 is 2.29 bits per heavy atom. The molecule has 5 heteroatoms. The molecule has 14 heavy (non-hydrogen) atoms. The highest BCUT2D eigenvalue weighted by atomic mass is 16.4. The summed E-state index contributed by atoms with van der Waals surface area (Å²) in [5.41, 5.74) is -0.197. The average molecular weight is 197 g/mol. The third-order valence-electron chi connectivity index (χ3n) is 1.75. The summed E-state index contributed by atoms with van der Waals surface area (Å²) < 4.78 is 0. The van der Waals surface area contributed by atoms with Crippen LogP contribution in [0.25, 0.3) is 0 Å². The third-order valence-corrected chi connectivity index (χ3v) is 1.75. The average Bonchev–Trinajstić information content (AvgIpc) is 2.01. The molecule has 5 nitrogen and oxygen atoms in total. The van der Waals surface area contributed by atoms with Gasteiger partial charge in [-0.05, 0) is 12.1 Å². The molecule has 1 aromatic rings. The van der Waals surface area contributed by atoms with Gasteiger partial charge in [-0.3, -0.25) is 0 Å². The largest absolute Gasteiger partial charge is 0.550 e. The van der Waals surface area contributed by atoms with Crippen LogP contribution in [0.2, 0.25) is 0 Å². The maximum absolute atomic E-state index is 10.2. The lowest BCUT2D eigenvalue weighted by Crippen LogP contribution is -2.24. The lowest BCUT2D eigenvalue weighted by atomic mass is 10.0. The smallest absolute Gasteiger partial charge is 0.125 e. The highest BCUT2D eigenvalue weighted by molar-refractivity contribution is 5.66. The van der Waals surface area contributed by atoms with Crippen LogP contribution in [0.5, 0.6) is 11.5 Å². The summed E-state index contributed by atoms with van der Waals surface area (Å²) in [5.74, 6) is -2.15. The molecule has 0 saturated heterocycles. The number of phenols is 2. The summed E-state index contributed by atoms with van der Waals surface area (Å²) in [6.45, 7) is 0. The Morgan fingerprint density at radius 1 is 1.36 bits per heavy atom. The SMILES string of the molecule is O=C([O-])CC(O)c1c(O)cccc1O. The van der Waals surface area contributed by atoms with Crippen LogP contribution in [0.4, 0.5) is 0 Å². The predicted molar refractivity (Wildman–Crippen MR) is 44.4 cm³/mol. The number of aliphatic hydroxyl groups excluding tert-OH is 1. The van der Waals surface area contributed by atoms with Gasteiger partial charge in [0.15, 0.2) is 0 Å². The van der Waals surface area contributed by atoms with Gasteiger partial charge in [0.25, 0.3) is 0 Å². The minimum atomic E-state index is -1.47. The molecule has 0 aliphatic carbocycles. The third kappa shape index (κ3) is 2.14. The van der Waals surface area contributed by atoms with Crippen molar-refractivity contribution >= 4 is 5.97 Å². The number of carboxylic acids is 1. The van der Waals surface area contributed by atoms with Crippen LogP contribution in [0.15, 0.2) is 18.2 Å². The zero-order valence-electron chi connectivity index (χ0n) is 7.17. The molecule has 0 radical (unpaired) electrons. The number of aromatic hydroxyl groups is 2. The molecule has 3 N–H and O–H groups in total. The maximum Gasteiger partial charge on any atom is 0.125 e. The van der Waals surface area contributed by atoms with Crippen molar-refractivity contribution in [1.29, 1.82) is 0 Å². The van der Waals surface area contributed by atoms with Crippen molar-refractivity contribution in [3.63, 3.8) is 0 Å². The van der Waals surface area contributed by atoms with Crippen molar-refractivity contribution in [3.05, 3.63) is 23.8 Å². The molecular formula is C9H9O5-. The van der Waals surface area contributed by atoms with E-state index in [9.17, 15) is 25.2 Å². The van der Waals surface area contributed by atoms with E-state index in [1.54, 1.807) is 0 Å². The fraction of sp³-hybridized carbons (Fsp3) is 0.222. The predicted octanol–water partition coefficient (Wildman–Crippen LogP) is -0.729. The van der Waals surface area contributed by atoms with Gasteiger partial charge < -0.3 is 25.2 Å². The molecule has 1 unspecified atom stereocenters. The van der Waals surface area contributed by atoms with Crippen molar-refractivity contribution in [2.45, 2.75) is 12.5 Å². The van der Waals surface area contributed by atoms with E-state index in [2.05, 4.69) is 0 Å². The first-order valence-electron chi connectivity index (χ1n) is 3.91. The van der Waals surface area contributed by atoms with Gasteiger partial charge in [-0.2, -0.15) is 0 Å². The Hall–Kier alpha value is -1.75. The van der Waals surface area contributed by atoms with E-state index >= 15 is 0 Å². The van der Waals surface area contributed by atoms with Gasteiger partial charge in [0.1, 0.15) is 11.5 Å². The highest BCUT2D eigenvalue weighted by Crippen LogP contribution is 2.33. The summed E-state index contributed by atoms with van der Waals surface area (Å²) in [7, 11) is 0. The van der Waals surface area contributed by atoms with E-state index in [-0.39, 0.29) is 17.1 Å². The van der Waals surface area contributed by atoms with Crippen molar-refractivity contribution in [3.8, 4) is 11.5 Å². The zero-order valence-corrected chi connectivity index (χ0v) is 7.17. The van der Waals surface area contributed by atoms with Gasteiger partial charge >= 0.3 is 0 Å². The van der Waals surface area contributed by atoms with Gasteiger partial charge in [-0.25, -0.2) is 0 Å². The summed E-state index contributed by atoms with van der Waals surface area (Å²) in [6.07, 6.45) is -2.15. The second kappa shape index (κ2) is 3.97. The number of carbonyl (C=O) groups is 1. The van der Waals surface area contributed by atoms with E-state index in [0.29, 0.717) is 0 Å². The number of phenolic OH excluding ortho intramolecular Hbond substituents is 2. The molecule has 0 amide bonds. The van der Waals surface area contributed by atoms with Crippen LogP contribution in [-0.2, 0) is 4.79 Å². The molecule has 1 rings (SSSR count). The van der Waals surface area contributed by atoms with Gasteiger partial charge in [0.2, 0.25) is 0 Å². The number of aliphatic hydroxyl groups is 1. The topological polar surface area (TPSA) is 101 Å². The van der Waals surface area contributed by atoms with E-state index in [1.807, 2.05) is 0 Å². The molecule has 0 heterocycles. The van der Waals surface area contributed by atoms with Crippen molar-refractivity contribution in [1.82, 2.24) is 0 Å². The van der Waals surface area contributed by atoms with Crippen LogP contribution in [-0.4, -0.2) is 21.3 Å². The normalized spacial score (nSPS) is 12.4. The minimum absolute atomic E-state index is 0.197. The Kier molecular flexibility index (Phi) is 2.93. The van der Waals surface area contributed by atoms with Gasteiger partial charge in [0, 0.05) is 12.4 Å². The number of aliphatic carboxylic acids is 1. The van der Waals surface area contributed by atoms with Crippen LogP contribution in [0, 0.1) is 0 Å². The molecule has 0 aliphatic heterocycles. The van der Waals surface area contributed by atoms with Crippen LogP contribution in [0.3, 0.4) is 0 Å². The van der Waals surface area contributed by atoms with Crippen molar-refractivity contribution in [2.75, 3.05) is 0 Å². The van der Waals surface area contributed by atoms with Crippen LogP contribution >= 0.6 is 0 Å². The first kappa shape index (κ1) is 10.3. The molecule has 0 saturated carbocycles. The number of hydrogen-bond donors (Lipinski definition) is 3. The van der Waals surface area contributed by atoms with Gasteiger partial charge in [0.05, 0.1) is 11.7 Å². The fourth-order valence-corrected chi connectivity index (χ4v) is 1.14. The fourth-order valence-electron chi connectivity index (χ4n) is 1.14. The molecule has 0 bridgehead atoms. The van der Waals surface area contributed by atoms with Crippen molar-refractivity contribution in [2.24, 2.45) is 0 Å². The molecule has 0 aromatic heterocycles. The number of rotatable bonds is 3. The Labute approximate surface area is 79.9 Å². The second-order valence-electron chi connectivity index (χ2n) is 2.80.